The van der Waals surface area contributed by atoms with Gasteiger partial charge < -0.3 is 5.32 Å². The summed E-state index contributed by atoms with van der Waals surface area (Å²) >= 11 is 0. The van der Waals surface area contributed by atoms with E-state index < -0.39 is 0 Å². The predicted octanol–water partition coefficient (Wildman–Crippen LogP) is 3.00. The van der Waals surface area contributed by atoms with Gasteiger partial charge in [0.25, 0.3) is 0 Å². The van der Waals surface area contributed by atoms with Crippen LogP contribution in [0, 0.1) is 0 Å². The summed E-state index contributed by atoms with van der Waals surface area (Å²) in [6.45, 7) is 1.85. The lowest BCUT2D eigenvalue weighted by Gasteiger charge is -2.13. The van der Waals surface area contributed by atoms with Crippen LogP contribution in [0.25, 0.3) is 22.6 Å². The Morgan fingerprint density at radius 3 is 2.67 bits per heavy atom. The lowest BCUT2D eigenvalue weighted by atomic mass is 9.98. The number of anilines is 1. The quantitative estimate of drug-likeness (QED) is 0.507. The van der Waals surface area contributed by atoms with Crippen LogP contribution >= 0.6 is 0 Å². The van der Waals surface area contributed by atoms with Crippen LogP contribution in [0.15, 0.2) is 60.8 Å². The third-order valence-electron chi connectivity index (χ3n) is 4.34. The Balaban J connectivity index is 1.55. The Morgan fingerprint density at radius 2 is 1.89 bits per heavy atom. The summed E-state index contributed by atoms with van der Waals surface area (Å²) in [5.74, 6) is -0.000117. The Bertz CT molecular complexity index is 1040. The summed E-state index contributed by atoms with van der Waals surface area (Å²) in [4.78, 5) is 12.8. The Hall–Kier alpha value is -3.81. The first-order valence-electron chi connectivity index (χ1n) is 8.46. The van der Waals surface area contributed by atoms with Gasteiger partial charge in [-0.1, -0.05) is 48.5 Å². The van der Waals surface area contributed by atoms with Crippen molar-refractivity contribution in [2.24, 2.45) is 0 Å². The standard InChI is InChI=1S/C19H17N7O/c1-12(14-8-5-9-15(10-14)18-23-25-26-24-18)19(27)21-16-11-20-22-17(16)13-6-3-2-4-7-13/h2-12H,1H3,(H,20,22)(H,21,27)(H,23,24,25,26). The lowest BCUT2D eigenvalue weighted by molar-refractivity contribution is -0.117. The maximum atomic E-state index is 12.8. The number of carbonyl (C=O) groups is 1. The number of carbonyl (C=O) groups excluding carboxylic acids is 1. The van der Waals surface area contributed by atoms with Crippen LogP contribution in [0.2, 0.25) is 0 Å². The Kier molecular flexibility index (Phi) is 4.44. The smallest absolute Gasteiger partial charge is 0.231 e. The molecule has 4 aromatic rings. The number of nitrogens with zero attached hydrogens (tertiary/aromatic N) is 4. The molecular weight excluding hydrogens is 342 g/mol. The molecule has 0 bridgehead atoms. The molecule has 0 radical (unpaired) electrons. The van der Waals surface area contributed by atoms with E-state index in [4.69, 9.17) is 0 Å². The highest BCUT2D eigenvalue weighted by molar-refractivity contribution is 5.98. The fourth-order valence-corrected chi connectivity index (χ4v) is 2.83. The van der Waals surface area contributed by atoms with Crippen LogP contribution in [0.3, 0.4) is 0 Å². The van der Waals surface area contributed by atoms with Crippen LogP contribution in [0.1, 0.15) is 18.4 Å². The topological polar surface area (TPSA) is 112 Å². The minimum Gasteiger partial charge on any atom is -0.322 e. The first-order valence-corrected chi connectivity index (χ1v) is 8.46. The molecular formula is C19H17N7O. The van der Waals surface area contributed by atoms with Crippen molar-refractivity contribution in [2.75, 3.05) is 5.32 Å². The summed E-state index contributed by atoms with van der Waals surface area (Å²) in [5.41, 5.74) is 4.04. The SMILES string of the molecule is CC(C(=O)Nc1cn[nH]c1-c1ccccc1)c1cccc(-c2nn[nH]n2)c1. The fraction of sp³-hybridized carbons (Fsp3) is 0.105. The molecule has 2 heterocycles. The van der Waals surface area contributed by atoms with E-state index in [1.807, 2.05) is 61.5 Å². The molecule has 8 heteroatoms. The molecule has 1 unspecified atom stereocenters. The van der Waals surface area contributed by atoms with Gasteiger partial charge in [-0.2, -0.15) is 10.3 Å². The average Bonchev–Trinajstić information content (AvgIpc) is 3.40. The molecule has 0 saturated heterocycles. The number of rotatable bonds is 5. The summed E-state index contributed by atoms with van der Waals surface area (Å²) < 4.78 is 0. The number of hydrogen-bond donors (Lipinski definition) is 3. The van der Waals surface area contributed by atoms with Crippen molar-refractivity contribution in [2.45, 2.75) is 12.8 Å². The maximum absolute atomic E-state index is 12.8. The minimum absolute atomic E-state index is 0.126. The summed E-state index contributed by atoms with van der Waals surface area (Å²) in [5, 5.41) is 23.9. The van der Waals surface area contributed by atoms with Crippen molar-refractivity contribution < 1.29 is 4.79 Å². The average molecular weight is 359 g/mol. The summed E-state index contributed by atoms with van der Waals surface area (Å²) in [7, 11) is 0. The molecule has 134 valence electrons. The van der Waals surface area contributed by atoms with E-state index in [0.717, 1.165) is 22.4 Å². The van der Waals surface area contributed by atoms with Gasteiger partial charge in [0, 0.05) is 11.1 Å². The molecule has 0 aliphatic rings. The van der Waals surface area contributed by atoms with Crippen LogP contribution in [-0.2, 0) is 4.79 Å². The molecule has 4 rings (SSSR count). The Morgan fingerprint density at radius 1 is 1.07 bits per heavy atom. The van der Waals surface area contributed by atoms with Crippen LogP contribution in [0.4, 0.5) is 5.69 Å². The van der Waals surface area contributed by atoms with Gasteiger partial charge in [0.15, 0.2) is 0 Å². The van der Waals surface area contributed by atoms with Gasteiger partial charge in [-0.05, 0) is 23.8 Å². The highest BCUT2D eigenvalue weighted by Gasteiger charge is 2.19. The summed E-state index contributed by atoms with van der Waals surface area (Å²) in [6, 6.07) is 17.3. The first kappa shape index (κ1) is 16.6. The van der Waals surface area contributed by atoms with Crippen LogP contribution in [-0.4, -0.2) is 36.7 Å². The lowest BCUT2D eigenvalue weighted by Crippen LogP contribution is -2.19. The van der Waals surface area contributed by atoms with Crippen molar-refractivity contribution in [3.8, 4) is 22.6 Å². The van der Waals surface area contributed by atoms with Gasteiger partial charge in [0.2, 0.25) is 11.7 Å². The van der Waals surface area contributed by atoms with Crippen LogP contribution < -0.4 is 5.32 Å². The highest BCUT2D eigenvalue weighted by Crippen LogP contribution is 2.27. The zero-order chi connectivity index (χ0) is 18.6. The Labute approximate surface area is 155 Å². The predicted molar refractivity (Wildman–Crippen MR) is 101 cm³/mol. The van der Waals surface area contributed by atoms with Crippen LogP contribution in [0.5, 0.6) is 0 Å². The van der Waals surface area contributed by atoms with Crippen molar-refractivity contribution in [1.82, 2.24) is 30.8 Å². The monoisotopic (exact) mass is 359 g/mol. The fourth-order valence-electron chi connectivity index (χ4n) is 2.83. The number of aromatic nitrogens is 6. The van der Waals surface area contributed by atoms with E-state index in [0.29, 0.717) is 11.5 Å². The number of tetrazole rings is 1. The van der Waals surface area contributed by atoms with E-state index in [2.05, 4.69) is 36.1 Å². The normalized spacial score (nSPS) is 11.9. The second-order valence-corrected chi connectivity index (χ2v) is 6.10. The first-order chi connectivity index (χ1) is 13.2. The van der Waals surface area contributed by atoms with Gasteiger partial charge in [-0.15, -0.1) is 10.2 Å². The zero-order valence-corrected chi connectivity index (χ0v) is 14.5. The largest absolute Gasteiger partial charge is 0.322 e. The molecule has 2 aromatic carbocycles. The molecule has 0 aliphatic heterocycles. The second-order valence-electron chi connectivity index (χ2n) is 6.10. The molecule has 0 aliphatic carbocycles. The molecule has 2 aromatic heterocycles. The van der Waals surface area contributed by atoms with E-state index in [1.165, 1.54) is 0 Å². The van der Waals surface area contributed by atoms with Crippen molar-refractivity contribution in [1.29, 1.82) is 0 Å². The molecule has 0 saturated carbocycles. The molecule has 0 spiro atoms. The minimum atomic E-state index is -0.365. The molecule has 1 amide bonds. The third-order valence-corrected chi connectivity index (χ3v) is 4.34. The van der Waals surface area contributed by atoms with Gasteiger partial charge in [-0.3, -0.25) is 9.89 Å². The highest BCUT2D eigenvalue weighted by atomic mass is 16.1. The molecule has 3 N–H and O–H groups in total. The van der Waals surface area contributed by atoms with E-state index >= 15 is 0 Å². The molecule has 1 atom stereocenters. The number of benzene rings is 2. The molecule has 27 heavy (non-hydrogen) atoms. The van der Waals surface area contributed by atoms with E-state index in [9.17, 15) is 4.79 Å². The third kappa shape index (κ3) is 3.45. The number of amides is 1. The number of hydrogen-bond acceptors (Lipinski definition) is 5. The van der Waals surface area contributed by atoms with Gasteiger partial charge in [0.1, 0.15) is 0 Å². The van der Waals surface area contributed by atoms with Gasteiger partial charge in [-0.25, -0.2) is 0 Å². The maximum Gasteiger partial charge on any atom is 0.231 e. The van der Waals surface area contributed by atoms with Crippen molar-refractivity contribution in [3.63, 3.8) is 0 Å². The zero-order valence-electron chi connectivity index (χ0n) is 14.5. The molecule has 0 fully saturated rings. The van der Waals surface area contributed by atoms with E-state index in [-0.39, 0.29) is 11.8 Å². The molecule has 8 nitrogen and oxygen atoms in total. The number of nitrogens with one attached hydrogen (secondary N) is 3. The van der Waals surface area contributed by atoms with E-state index in [1.54, 1.807) is 6.20 Å². The van der Waals surface area contributed by atoms with Crippen molar-refractivity contribution in [3.05, 3.63) is 66.4 Å². The second kappa shape index (κ2) is 7.20. The summed E-state index contributed by atoms with van der Waals surface area (Å²) in [6.07, 6.45) is 1.61. The van der Waals surface area contributed by atoms with Gasteiger partial charge >= 0.3 is 0 Å². The number of aromatic amines is 2. The van der Waals surface area contributed by atoms with Gasteiger partial charge in [0.05, 0.1) is 23.5 Å². The number of H-pyrrole nitrogens is 2. The van der Waals surface area contributed by atoms with Crippen molar-refractivity contribution >= 4 is 11.6 Å².